The van der Waals surface area contributed by atoms with Gasteiger partial charge in [0.15, 0.2) is 11.4 Å². The summed E-state index contributed by atoms with van der Waals surface area (Å²) in [6.07, 6.45) is 0.125. The van der Waals surface area contributed by atoms with Crippen molar-refractivity contribution in [2.24, 2.45) is 17.6 Å². The number of primary amides is 1. The molecule has 2 aromatic carbocycles. The van der Waals surface area contributed by atoms with E-state index in [1.54, 1.807) is 36.4 Å². The van der Waals surface area contributed by atoms with Crippen molar-refractivity contribution >= 4 is 23.2 Å². The van der Waals surface area contributed by atoms with Crippen molar-refractivity contribution < 1.29 is 34.4 Å². The fourth-order valence-corrected chi connectivity index (χ4v) is 5.60. The summed E-state index contributed by atoms with van der Waals surface area (Å²) >= 11 is 0. The first-order valence-electron chi connectivity index (χ1n) is 11.6. The van der Waals surface area contributed by atoms with Crippen molar-refractivity contribution in [3.05, 3.63) is 81.3 Å². The quantitative estimate of drug-likeness (QED) is 0.236. The average Bonchev–Trinajstić information content (AvgIpc) is 2.85. The van der Waals surface area contributed by atoms with Crippen LogP contribution in [0.4, 0.5) is 5.69 Å². The summed E-state index contributed by atoms with van der Waals surface area (Å²) in [4.78, 5) is 38.6. The molecule has 188 valence electrons. The maximum Gasteiger partial charge on any atom is 0.255 e. The molecule has 0 saturated heterocycles. The molecule has 1 amide bonds. The Hall–Kier alpha value is -4.55. The lowest BCUT2D eigenvalue weighted by atomic mass is 9.60. The van der Waals surface area contributed by atoms with Gasteiger partial charge in [-0.3, -0.25) is 14.4 Å². The minimum atomic E-state index is -2.55. The molecule has 5 rings (SSSR count). The van der Waals surface area contributed by atoms with Crippen LogP contribution in [0.3, 0.4) is 0 Å². The molecule has 9 nitrogen and oxygen atoms in total. The molecule has 0 aliphatic heterocycles. The number of ether oxygens (including phenoxy) is 1. The Balaban J connectivity index is 1.64. The number of amides is 1. The number of benzene rings is 2. The van der Waals surface area contributed by atoms with Crippen LogP contribution < -0.4 is 16.2 Å². The van der Waals surface area contributed by atoms with E-state index in [1.165, 1.54) is 7.11 Å². The Labute approximate surface area is 212 Å². The smallest absolute Gasteiger partial charge is 0.255 e. The molecule has 7 N–H and O–H groups in total. The topological polar surface area (TPSA) is 173 Å². The SMILES string of the molecule is COc1ccc(C#Cc2ccc(N)cc2)c2c1C(=O)C1=C(O)[C@]3(O)C(=O)C(C(N)=O)=C(O)C[C@@H]3C[C@@H]1C2. The van der Waals surface area contributed by atoms with Crippen molar-refractivity contribution in [2.45, 2.75) is 24.9 Å². The number of ketones is 2. The highest BCUT2D eigenvalue weighted by Crippen LogP contribution is 2.51. The van der Waals surface area contributed by atoms with E-state index in [2.05, 4.69) is 11.8 Å². The van der Waals surface area contributed by atoms with Gasteiger partial charge in [-0.05, 0) is 60.7 Å². The molecule has 37 heavy (non-hydrogen) atoms. The summed E-state index contributed by atoms with van der Waals surface area (Å²) in [5.74, 6) is 0.508. The van der Waals surface area contributed by atoms with Gasteiger partial charge in [0.1, 0.15) is 22.8 Å². The average molecular weight is 501 g/mol. The van der Waals surface area contributed by atoms with Crippen LogP contribution in [0.1, 0.15) is 39.9 Å². The van der Waals surface area contributed by atoms with E-state index < -0.39 is 52.0 Å². The number of Topliss-reactive ketones (excluding diaryl/α,β-unsaturated/α-hetero) is 2. The number of nitrogen functional groups attached to an aromatic ring is 1. The number of aliphatic hydroxyl groups is 3. The second-order valence-corrected chi connectivity index (χ2v) is 9.45. The number of methoxy groups -OCH3 is 1. The first-order chi connectivity index (χ1) is 17.6. The first kappa shape index (κ1) is 24.2. The lowest BCUT2D eigenvalue weighted by Gasteiger charge is -2.45. The van der Waals surface area contributed by atoms with Crippen molar-refractivity contribution in [1.82, 2.24) is 0 Å². The molecular formula is C28H24N2O7. The van der Waals surface area contributed by atoms with Gasteiger partial charge in [0.05, 0.1) is 12.7 Å². The van der Waals surface area contributed by atoms with Gasteiger partial charge < -0.3 is 31.5 Å². The summed E-state index contributed by atoms with van der Waals surface area (Å²) in [7, 11) is 1.41. The standard InChI is InChI=1S/C28H24N2O7/c1-37-20-9-6-14(5-2-13-3-7-17(29)8-4-13)18-11-15-10-16-12-19(31)23(27(30)35)26(34)28(16,36)25(33)21(15)24(32)22(18)20/h3-4,6-9,15-16,31,33,36H,10-12,29H2,1H3,(H2,30,35)/t15-,16+,28+/m1/s1. The molecule has 3 aliphatic rings. The van der Waals surface area contributed by atoms with Crippen LogP contribution in [-0.2, 0) is 16.0 Å². The second kappa shape index (κ2) is 8.54. The van der Waals surface area contributed by atoms with E-state index in [9.17, 15) is 29.7 Å². The van der Waals surface area contributed by atoms with Crippen LogP contribution in [-0.4, -0.2) is 45.5 Å². The van der Waals surface area contributed by atoms with Gasteiger partial charge in [0.25, 0.3) is 5.91 Å². The molecule has 0 spiro atoms. The molecule has 0 aromatic heterocycles. The van der Waals surface area contributed by atoms with Crippen LogP contribution in [0.15, 0.2) is 59.1 Å². The van der Waals surface area contributed by atoms with E-state index >= 15 is 0 Å². The molecule has 0 heterocycles. The van der Waals surface area contributed by atoms with Gasteiger partial charge in [-0.25, -0.2) is 0 Å². The highest BCUT2D eigenvalue weighted by atomic mass is 16.5. The Morgan fingerprint density at radius 1 is 1.08 bits per heavy atom. The summed E-state index contributed by atoms with van der Waals surface area (Å²) in [6.45, 7) is 0. The minimum Gasteiger partial charge on any atom is -0.511 e. The van der Waals surface area contributed by atoms with Crippen LogP contribution in [0.25, 0.3) is 0 Å². The lowest BCUT2D eigenvalue weighted by Crippen LogP contribution is -2.57. The largest absolute Gasteiger partial charge is 0.511 e. The number of allylic oxidation sites excluding steroid dienone is 2. The maximum absolute atomic E-state index is 13.8. The zero-order valence-corrected chi connectivity index (χ0v) is 19.9. The van der Waals surface area contributed by atoms with Gasteiger partial charge >= 0.3 is 0 Å². The van der Waals surface area contributed by atoms with E-state index in [0.29, 0.717) is 16.8 Å². The lowest BCUT2D eigenvalue weighted by molar-refractivity contribution is -0.144. The number of anilines is 1. The first-order valence-corrected chi connectivity index (χ1v) is 11.6. The molecule has 0 radical (unpaired) electrons. The number of rotatable bonds is 2. The van der Waals surface area contributed by atoms with Crippen LogP contribution in [0, 0.1) is 23.7 Å². The Bertz CT molecular complexity index is 1510. The summed E-state index contributed by atoms with van der Waals surface area (Å²) in [5.41, 5.74) is 10.3. The number of carbonyl (C=O) groups excluding carboxylic acids is 3. The molecule has 0 fully saturated rings. The third-order valence-corrected chi connectivity index (χ3v) is 7.40. The summed E-state index contributed by atoms with van der Waals surface area (Å²) < 4.78 is 5.43. The number of carbonyl (C=O) groups is 3. The molecule has 3 aliphatic carbocycles. The van der Waals surface area contributed by atoms with Gasteiger partial charge in [-0.1, -0.05) is 11.8 Å². The number of aliphatic hydroxyl groups excluding tert-OH is 2. The van der Waals surface area contributed by atoms with E-state index in [4.69, 9.17) is 16.2 Å². The molecule has 0 saturated carbocycles. The fourth-order valence-electron chi connectivity index (χ4n) is 5.60. The van der Waals surface area contributed by atoms with E-state index in [0.717, 1.165) is 5.56 Å². The zero-order chi connectivity index (χ0) is 26.6. The third kappa shape index (κ3) is 3.57. The molecule has 0 bridgehead atoms. The predicted molar refractivity (Wildman–Crippen MR) is 133 cm³/mol. The van der Waals surface area contributed by atoms with Crippen molar-refractivity contribution in [3.8, 4) is 17.6 Å². The fraction of sp³-hybridized carbons (Fsp3) is 0.250. The summed E-state index contributed by atoms with van der Waals surface area (Å²) in [5, 5.41) is 32.8. The highest BCUT2D eigenvalue weighted by molar-refractivity contribution is 6.24. The number of hydrogen-bond donors (Lipinski definition) is 5. The summed E-state index contributed by atoms with van der Waals surface area (Å²) in [6, 6.07) is 10.4. The normalized spacial score (nSPS) is 24.5. The molecule has 0 unspecified atom stereocenters. The van der Waals surface area contributed by atoms with Gasteiger partial charge in [-0.15, -0.1) is 0 Å². The number of nitrogens with two attached hydrogens (primary N) is 2. The van der Waals surface area contributed by atoms with Crippen molar-refractivity contribution in [3.63, 3.8) is 0 Å². The van der Waals surface area contributed by atoms with Crippen LogP contribution in [0.2, 0.25) is 0 Å². The second-order valence-electron chi connectivity index (χ2n) is 9.45. The van der Waals surface area contributed by atoms with E-state index in [1.807, 2.05) is 0 Å². The van der Waals surface area contributed by atoms with Gasteiger partial charge in [-0.2, -0.15) is 0 Å². The van der Waals surface area contributed by atoms with Gasteiger partial charge in [0, 0.05) is 34.7 Å². The monoisotopic (exact) mass is 500 g/mol. The van der Waals surface area contributed by atoms with Crippen LogP contribution in [0.5, 0.6) is 5.75 Å². The minimum absolute atomic E-state index is 0.102. The Morgan fingerprint density at radius 3 is 2.43 bits per heavy atom. The number of fused-ring (bicyclic) bond motifs is 3. The predicted octanol–water partition coefficient (Wildman–Crippen LogP) is 1.87. The van der Waals surface area contributed by atoms with E-state index in [-0.39, 0.29) is 36.1 Å². The molecular weight excluding hydrogens is 476 g/mol. The van der Waals surface area contributed by atoms with Gasteiger partial charge in [0.2, 0.25) is 5.78 Å². The molecule has 3 atom stereocenters. The number of hydrogen-bond acceptors (Lipinski definition) is 8. The zero-order valence-electron chi connectivity index (χ0n) is 19.9. The Morgan fingerprint density at radius 2 is 1.78 bits per heavy atom. The highest BCUT2D eigenvalue weighted by Gasteiger charge is 2.59. The molecule has 9 heteroatoms. The third-order valence-electron chi connectivity index (χ3n) is 7.40. The van der Waals surface area contributed by atoms with Crippen molar-refractivity contribution in [1.29, 1.82) is 0 Å². The Kier molecular flexibility index (Phi) is 5.57. The maximum atomic E-state index is 13.8. The molecule has 2 aromatic rings. The van der Waals surface area contributed by atoms with Crippen molar-refractivity contribution in [2.75, 3.05) is 12.8 Å². The van der Waals surface area contributed by atoms with Crippen LogP contribution >= 0.6 is 0 Å².